The summed E-state index contributed by atoms with van der Waals surface area (Å²) in [7, 11) is 0. The van der Waals surface area contributed by atoms with Crippen LogP contribution in [-0.2, 0) is 0 Å². The number of carbonyl (C=O) groups excluding carboxylic acids is 1. The monoisotopic (exact) mass is 220 g/mol. The van der Waals surface area contributed by atoms with Crippen molar-refractivity contribution in [2.75, 3.05) is 0 Å². The Bertz CT molecular complexity index is 493. The standard InChI is InChI=1S/C10H8N2O2S/c1-6(13)8-9(14)12-10(15-8)7-3-2-4-11-5-7/h2-5,14H,1H3. The van der Waals surface area contributed by atoms with E-state index in [1.807, 2.05) is 6.07 Å². The second kappa shape index (κ2) is 3.78. The first-order chi connectivity index (χ1) is 7.18. The van der Waals surface area contributed by atoms with Gasteiger partial charge in [-0.05, 0) is 12.1 Å². The lowest BCUT2D eigenvalue weighted by molar-refractivity contribution is 0.101. The molecule has 15 heavy (non-hydrogen) atoms. The van der Waals surface area contributed by atoms with E-state index in [1.54, 1.807) is 18.5 Å². The van der Waals surface area contributed by atoms with Crippen LogP contribution in [0, 0.1) is 0 Å². The quantitative estimate of drug-likeness (QED) is 0.787. The second-order valence-corrected chi connectivity index (χ2v) is 3.97. The van der Waals surface area contributed by atoms with Gasteiger partial charge in [-0.3, -0.25) is 9.78 Å². The number of rotatable bonds is 2. The van der Waals surface area contributed by atoms with Crippen LogP contribution in [0.5, 0.6) is 5.88 Å². The average molecular weight is 220 g/mol. The molecule has 0 aliphatic rings. The van der Waals surface area contributed by atoms with Crippen LogP contribution < -0.4 is 0 Å². The van der Waals surface area contributed by atoms with Gasteiger partial charge in [0.2, 0.25) is 5.88 Å². The normalized spacial score (nSPS) is 10.2. The lowest BCUT2D eigenvalue weighted by Gasteiger charge is -1.91. The second-order valence-electron chi connectivity index (χ2n) is 2.97. The topological polar surface area (TPSA) is 63.1 Å². The number of hydrogen-bond acceptors (Lipinski definition) is 5. The highest BCUT2D eigenvalue weighted by Crippen LogP contribution is 2.31. The van der Waals surface area contributed by atoms with E-state index in [0.717, 1.165) is 5.56 Å². The number of nitrogens with zero attached hydrogens (tertiary/aromatic N) is 2. The van der Waals surface area contributed by atoms with Crippen molar-refractivity contribution in [2.45, 2.75) is 6.92 Å². The summed E-state index contributed by atoms with van der Waals surface area (Å²) < 4.78 is 0. The Balaban J connectivity index is 2.48. The number of ketones is 1. The van der Waals surface area contributed by atoms with Crippen LogP contribution >= 0.6 is 11.3 Å². The van der Waals surface area contributed by atoms with E-state index in [1.165, 1.54) is 18.3 Å². The third-order valence-electron chi connectivity index (χ3n) is 1.84. The minimum absolute atomic E-state index is 0.180. The molecule has 0 saturated heterocycles. The van der Waals surface area contributed by atoms with Crippen LogP contribution in [0.4, 0.5) is 0 Å². The van der Waals surface area contributed by atoms with Gasteiger partial charge in [0.05, 0.1) is 0 Å². The molecule has 0 aliphatic heterocycles. The van der Waals surface area contributed by atoms with Crippen molar-refractivity contribution in [1.82, 2.24) is 9.97 Å². The van der Waals surface area contributed by atoms with Crippen LogP contribution in [0.15, 0.2) is 24.5 Å². The molecule has 0 amide bonds. The van der Waals surface area contributed by atoms with Crippen molar-refractivity contribution < 1.29 is 9.90 Å². The minimum Gasteiger partial charge on any atom is -0.492 e. The Hall–Kier alpha value is -1.75. The van der Waals surface area contributed by atoms with Gasteiger partial charge in [-0.25, -0.2) is 4.98 Å². The molecule has 0 fully saturated rings. The maximum absolute atomic E-state index is 11.1. The molecule has 76 valence electrons. The first-order valence-electron chi connectivity index (χ1n) is 4.29. The minimum atomic E-state index is -0.202. The van der Waals surface area contributed by atoms with Gasteiger partial charge in [0.25, 0.3) is 0 Å². The number of carbonyl (C=O) groups is 1. The Labute approximate surface area is 90.3 Å². The molecular formula is C10H8N2O2S. The van der Waals surface area contributed by atoms with Crippen LogP contribution in [0.2, 0.25) is 0 Å². The summed E-state index contributed by atoms with van der Waals surface area (Å²) in [4.78, 5) is 19.3. The summed E-state index contributed by atoms with van der Waals surface area (Å²) in [5, 5.41) is 10.0. The summed E-state index contributed by atoms with van der Waals surface area (Å²) in [5.41, 5.74) is 0.797. The van der Waals surface area contributed by atoms with Gasteiger partial charge in [0.1, 0.15) is 9.88 Å². The van der Waals surface area contributed by atoms with Crippen molar-refractivity contribution >= 4 is 17.1 Å². The van der Waals surface area contributed by atoms with Crippen LogP contribution in [0.1, 0.15) is 16.6 Å². The zero-order chi connectivity index (χ0) is 10.8. The fraction of sp³-hybridized carbons (Fsp3) is 0.100. The predicted molar refractivity (Wildman–Crippen MR) is 57.0 cm³/mol. The van der Waals surface area contributed by atoms with E-state index in [-0.39, 0.29) is 16.5 Å². The van der Waals surface area contributed by atoms with Crippen molar-refractivity contribution in [3.8, 4) is 16.5 Å². The van der Waals surface area contributed by atoms with Gasteiger partial charge in [-0.1, -0.05) is 0 Å². The van der Waals surface area contributed by atoms with Gasteiger partial charge in [0.15, 0.2) is 5.78 Å². The molecule has 4 nitrogen and oxygen atoms in total. The van der Waals surface area contributed by atoms with Crippen molar-refractivity contribution in [3.63, 3.8) is 0 Å². The zero-order valence-corrected chi connectivity index (χ0v) is 8.78. The highest BCUT2D eigenvalue weighted by Gasteiger charge is 2.14. The average Bonchev–Trinajstić information content (AvgIpc) is 2.62. The highest BCUT2D eigenvalue weighted by atomic mass is 32.1. The van der Waals surface area contributed by atoms with Gasteiger partial charge >= 0.3 is 0 Å². The number of hydrogen-bond donors (Lipinski definition) is 1. The fourth-order valence-corrected chi connectivity index (χ4v) is 2.00. The molecule has 0 bridgehead atoms. The molecule has 0 atom stereocenters. The predicted octanol–water partition coefficient (Wildman–Crippen LogP) is 2.11. The van der Waals surface area contributed by atoms with Crippen LogP contribution in [0.25, 0.3) is 10.6 Å². The summed E-state index contributed by atoms with van der Waals surface area (Å²) in [6.45, 7) is 1.40. The number of thiazole rings is 1. The molecule has 0 saturated carbocycles. The molecular weight excluding hydrogens is 212 g/mol. The maximum Gasteiger partial charge on any atom is 0.233 e. The van der Waals surface area contributed by atoms with Gasteiger partial charge in [-0.2, -0.15) is 0 Å². The largest absolute Gasteiger partial charge is 0.492 e. The van der Waals surface area contributed by atoms with Crippen LogP contribution in [0.3, 0.4) is 0 Å². The van der Waals surface area contributed by atoms with Gasteiger partial charge in [0, 0.05) is 24.9 Å². The molecule has 0 aliphatic carbocycles. The molecule has 0 unspecified atom stereocenters. The van der Waals surface area contributed by atoms with E-state index >= 15 is 0 Å². The number of aromatic nitrogens is 2. The molecule has 5 heteroatoms. The Morgan fingerprint density at radius 1 is 1.53 bits per heavy atom. The number of pyridine rings is 1. The molecule has 0 spiro atoms. The number of aromatic hydroxyl groups is 1. The van der Waals surface area contributed by atoms with Gasteiger partial charge < -0.3 is 5.11 Å². The first-order valence-corrected chi connectivity index (χ1v) is 5.11. The summed E-state index contributed by atoms with van der Waals surface area (Å²) >= 11 is 1.17. The summed E-state index contributed by atoms with van der Waals surface area (Å²) in [5.74, 6) is -0.383. The van der Waals surface area contributed by atoms with E-state index in [2.05, 4.69) is 9.97 Å². The van der Waals surface area contributed by atoms with E-state index in [4.69, 9.17) is 0 Å². The summed E-state index contributed by atoms with van der Waals surface area (Å²) in [6.07, 6.45) is 3.30. The van der Waals surface area contributed by atoms with Gasteiger partial charge in [-0.15, -0.1) is 11.3 Å². The van der Waals surface area contributed by atoms with Crippen molar-refractivity contribution in [1.29, 1.82) is 0 Å². The molecule has 2 heterocycles. The fourth-order valence-electron chi connectivity index (χ4n) is 1.15. The first kappa shape index (κ1) is 9.79. The molecule has 2 aromatic rings. The third kappa shape index (κ3) is 1.87. The lowest BCUT2D eigenvalue weighted by Crippen LogP contribution is -1.85. The smallest absolute Gasteiger partial charge is 0.233 e. The summed E-state index contributed by atoms with van der Waals surface area (Å²) in [6, 6.07) is 3.61. The molecule has 2 aromatic heterocycles. The lowest BCUT2D eigenvalue weighted by atomic mass is 10.3. The van der Waals surface area contributed by atoms with E-state index in [9.17, 15) is 9.90 Å². The van der Waals surface area contributed by atoms with E-state index in [0.29, 0.717) is 5.01 Å². The highest BCUT2D eigenvalue weighted by molar-refractivity contribution is 7.17. The maximum atomic E-state index is 11.1. The SMILES string of the molecule is CC(=O)c1sc(-c2cccnc2)nc1O. The molecule has 0 radical (unpaired) electrons. The van der Waals surface area contributed by atoms with Crippen LogP contribution in [-0.4, -0.2) is 20.9 Å². The Morgan fingerprint density at radius 3 is 2.87 bits per heavy atom. The Kier molecular flexibility index (Phi) is 2.47. The molecule has 2 rings (SSSR count). The Morgan fingerprint density at radius 2 is 2.33 bits per heavy atom. The van der Waals surface area contributed by atoms with E-state index < -0.39 is 0 Å². The number of Topliss-reactive ketones (excluding diaryl/α,β-unsaturated/α-hetero) is 1. The molecule has 0 aromatic carbocycles. The zero-order valence-electron chi connectivity index (χ0n) is 7.97. The van der Waals surface area contributed by atoms with Crippen molar-refractivity contribution in [2.24, 2.45) is 0 Å². The third-order valence-corrected chi connectivity index (χ3v) is 3.03. The van der Waals surface area contributed by atoms with Crippen molar-refractivity contribution in [3.05, 3.63) is 29.4 Å². The molecule has 1 N–H and O–H groups in total.